The Labute approximate surface area is 340 Å². The maximum absolute atomic E-state index is 6.06. The molecule has 0 amide bonds. The topological polar surface area (TPSA) is 109 Å². The molecule has 0 saturated heterocycles. The van der Waals surface area contributed by atoms with Gasteiger partial charge in [-0.15, -0.1) is 0 Å². The lowest BCUT2D eigenvalue weighted by Crippen LogP contribution is -1.96. The second-order valence-electron chi connectivity index (χ2n) is 15.9. The molecule has 8 bridgehead atoms. The molecule has 5 heterocycles. The van der Waals surface area contributed by atoms with Crippen LogP contribution >= 0.6 is 0 Å². The van der Waals surface area contributed by atoms with Crippen LogP contribution in [0.25, 0.3) is 90.9 Å². The van der Waals surface area contributed by atoms with Crippen LogP contribution in [-0.2, 0) is 13.1 Å². The van der Waals surface area contributed by atoms with Gasteiger partial charge in [0.1, 0.15) is 0 Å². The zero-order valence-corrected chi connectivity index (χ0v) is 34.0. The van der Waals surface area contributed by atoms with Crippen LogP contribution in [-0.4, -0.2) is 19.9 Å². The maximum Gasteiger partial charge on any atom is 0.0737 e. The largest absolute Gasteiger partial charge is 0.354 e. The first-order valence-corrected chi connectivity index (χ1v) is 20.0. The number of nitrogens with one attached hydrogen (secondary N) is 2. The fourth-order valence-electron chi connectivity index (χ4n) is 9.10. The summed E-state index contributed by atoms with van der Waals surface area (Å²) >= 11 is 0. The van der Waals surface area contributed by atoms with Gasteiger partial charge in [0.2, 0.25) is 0 Å². The standard InChI is InChI=1S/C52H48N6/c1-29-23-31(3)47(32(4)24-29)51-43-19-15-39(55-43)49(37-11-7-35(27-53)8-12-37)41-17-21-45(57-41)52(48-33(5)25-30(2)26-34(48)6)46-22-18-42(58-46)50(40-16-20-44(51)56-40)38-13-9-36(28-54)10-14-38/h7-26,55,58H,27-28,53-54H2,1-6H3. The summed E-state index contributed by atoms with van der Waals surface area (Å²) < 4.78 is 0. The van der Waals surface area contributed by atoms with Crippen molar-refractivity contribution in [1.82, 2.24) is 19.9 Å². The molecule has 4 aromatic carbocycles. The molecule has 3 aromatic heterocycles. The number of fused-ring (bicyclic) bond motifs is 8. The second kappa shape index (κ2) is 14.7. The molecule has 0 fully saturated rings. The molecular formula is C52H48N6. The first-order chi connectivity index (χ1) is 28.1. The normalized spacial score (nSPS) is 12.1. The highest BCUT2D eigenvalue weighted by Crippen LogP contribution is 2.41. The lowest BCUT2D eigenvalue weighted by atomic mass is 9.92. The van der Waals surface area contributed by atoms with Gasteiger partial charge in [0.05, 0.1) is 22.8 Å². The molecule has 9 rings (SSSR count). The van der Waals surface area contributed by atoms with Crippen molar-refractivity contribution in [3.8, 4) is 44.5 Å². The number of hydrogen-bond donors (Lipinski definition) is 4. The Morgan fingerprint density at radius 3 is 0.983 bits per heavy atom. The van der Waals surface area contributed by atoms with E-state index in [-0.39, 0.29) is 0 Å². The van der Waals surface area contributed by atoms with Crippen LogP contribution in [0, 0.1) is 41.5 Å². The minimum Gasteiger partial charge on any atom is -0.354 e. The number of aryl methyl sites for hydroxylation is 6. The van der Waals surface area contributed by atoms with Gasteiger partial charge in [-0.05, 0) is 146 Å². The lowest BCUT2D eigenvalue weighted by Gasteiger charge is -2.13. The van der Waals surface area contributed by atoms with Gasteiger partial charge in [-0.25, -0.2) is 9.97 Å². The van der Waals surface area contributed by atoms with Crippen LogP contribution in [0.5, 0.6) is 0 Å². The van der Waals surface area contributed by atoms with Crippen molar-refractivity contribution < 1.29 is 0 Å². The van der Waals surface area contributed by atoms with E-state index in [1.807, 2.05) is 0 Å². The highest BCUT2D eigenvalue weighted by molar-refractivity contribution is 6.01. The van der Waals surface area contributed by atoms with E-state index in [4.69, 9.17) is 21.4 Å². The van der Waals surface area contributed by atoms with Crippen LogP contribution in [0.1, 0.15) is 67.3 Å². The van der Waals surface area contributed by atoms with Gasteiger partial charge in [0.15, 0.2) is 0 Å². The van der Waals surface area contributed by atoms with Crippen LogP contribution in [0.15, 0.2) is 97.1 Å². The number of H-pyrrole nitrogens is 2. The molecule has 0 saturated carbocycles. The number of benzene rings is 4. The summed E-state index contributed by atoms with van der Waals surface area (Å²) in [6.07, 6.45) is 8.64. The molecule has 0 aliphatic carbocycles. The van der Waals surface area contributed by atoms with Crippen LogP contribution in [0.4, 0.5) is 0 Å². The van der Waals surface area contributed by atoms with E-state index in [1.165, 1.54) is 44.5 Å². The van der Waals surface area contributed by atoms with E-state index in [9.17, 15) is 0 Å². The molecule has 286 valence electrons. The fraction of sp³-hybridized carbons (Fsp3) is 0.154. The Bertz CT molecular complexity index is 2760. The van der Waals surface area contributed by atoms with Crippen LogP contribution in [0.3, 0.4) is 0 Å². The van der Waals surface area contributed by atoms with Gasteiger partial charge in [-0.2, -0.15) is 0 Å². The molecule has 2 aliphatic rings. The summed E-state index contributed by atoms with van der Waals surface area (Å²) in [7, 11) is 0. The number of aromatic amines is 2. The van der Waals surface area contributed by atoms with E-state index in [0.717, 1.165) is 89.4 Å². The van der Waals surface area contributed by atoms with Gasteiger partial charge in [-0.3, -0.25) is 0 Å². The summed E-state index contributed by atoms with van der Waals surface area (Å²) in [6.45, 7) is 14.1. The zero-order chi connectivity index (χ0) is 40.2. The molecule has 58 heavy (non-hydrogen) atoms. The van der Waals surface area contributed by atoms with Crippen molar-refractivity contribution in [2.24, 2.45) is 11.5 Å². The van der Waals surface area contributed by atoms with Gasteiger partial charge >= 0.3 is 0 Å². The summed E-state index contributed by atoms with van der Waals surface area (Å²) in [6, 6.07) is 34.8. The molecule has 6 heteroatoms. The molecule has 6 nitrogen and oxygen atoms in total. The third kappa shape index (κ3) is 6.50. The van der Waals surface area contributed by atoms with Crippen molar-refractivity contribution in [1.29, 1.82) is 0 Å². The fourth-order valence-corrected chi connectivity index (χ4v) is 9.10. The smallest absolute Gasteiger partial charge is 0.0737 e. The molecule has 6 N–H and O–H groups in total. The number of hydrogen-bond acceptors (Lipinski definition) is 4. The molecule has 2 aliphatic heterocycles. The van der Waals surface area contributed by atoms with E-state index in [0.29, 0.717) is 13.1 Å². The van der Waals surface area contributed by atoms with Crippen LogP contribution < -0.4 is 11.5 Å². The molecular weight excluding hydrogens is 709 g/mol. The van der Waals surface area contributed by atoms with Gasteiger partial charge in [0.25, 0.3) is 0 Å². The lowest BCUT2D eigenvalue weighted by molar-refractivity contribution is 1.07. The molecule has 0 radical (unpaired) electrons. The second-order valence-corrected chi connectivity index (χ2v) is 15.9. The highest BCUT2D eigenvalue weighted by atomic mass is 14.8. The van der Waals surface area contributed by atoms with Crippen molar-refractivity contribution >= 4 is 46.4 Å². The van der Waals surface area contributed by atoms with Gasteiger partial charge in [-0.1, -0.05) is 83.9 Å². The third-order valence-corrected chi connectivity index (χ3v) is 11.6. The van der Waals surface area contributed by atoms with E-state index < -0.39 is 0 Å². The number of nitrogens with two attached hydrogens (primary N) is 2. The molecule has 7 aromatic rings. The van der Waals surface area contributed by atoms with Gasteiger partial charge in [0, 0.05) is 57.4 Å². The summed E-state index contributed by atoms with van der Waals surface area (Å²) in [5.74, 6) is 0. The summed E-state index contributed by atoms with van der Waals surface area (Å²) in [5.41, 5.74) is 37.6. The van der Waals surface area contributed by atoms with Gasteiger partial charge < -0.3 is 21.4 Å². The molecule has 0 spiro atoms. The minimum atomic E-state index is 0.479. The predicted octanol–water partition coefficient (Wildman–Crippen LogP) is 12.1. The Morgan fingerprint density at radius 2 is 0.672 bits per heavy atom. The first kappa shape index (κ1) is 37.0. The predicted molar refractivity (Wildman–Crippen MR) is 245 cm³/mol. The SMILES string of the molecule is Cc1cc(C)c(-c2c3nc(c(-c4ccc(CN)cc4)c4ccc([nH]4)c(-c4c(C)cc(C)cc4C)c4nc(c(-c5ccc(CN)cc5)c5ccc2[nH]5)C=C4)C=C3)c(C)c1. The molecule has 0 atom stereocenters. The highest BCUT2D eigenvalue weighted by Gasteiger charge is 2.21. The Hall–Kier alpha value is -6.60. The Morgan fingerprint density at radius 1 is 0.379 bits per heavy atom. The van der Waals surface area contributed by atoms with Crippen molar-refractivity contribution in [2.75, 3.05) is 0 Å². The number of nitrogens with zero attached hydrogens (tertiary/aromatic N) is 2. The van der Waals surface area contributed by atoms with E-state index in [2.05, 4.69) is 173 Å². The summed E-state index contributed by atoms with van der Waals surface area (Å²) in [5, 5.41) is 0. The zero-order valence-electron chi connectivity index (χ0n) is 34.0. The van der Waals surface area contributed by atoms with E-state index in [1.54, 1.807) is 0 Å². The van der Waals surface area contributed by atoms with Crippen molar-refractivity contribution in [2.45, 2.75) is 54.6 Å². The van der Waals surface area contributed by atoms with Crippen molar-refractivity contribution in [3.05, 3.63) is 164 Å². The van der Waals surface area contributed by atoms with E-state index >= 15 is 0 Å². The third-order valence-electron chi connectivity index (χ3n) is 11.6. The average molecular weight is 757 g/mol. The number of rotatable bonds is 6. The quantitative estimate of drug-likeness (QED) is 0.135. The Kier molecular flexibility index (Phi) is 9.39. The molecule has 0 unspecified atom stereocenters. The number of aromatic nitrogens is 4. The maximum atomic E-state index is 6.06. The average Bonchev–Trinajstić information content (AvgIpc) is 4.05. The first-order valence-electron chi connectivity index (χ1n) is 20.0. The van der Waals surface area contributed by atoms with Crippen molar-refractivity contribution in [3.63, 3.8) is 0 Å². The minimum absolute atomic E-state index is 0.479. The monoisotopic (exact) mass is 756 g/mol. The Balaban J connectivity index is 1.49. The summed E-state index contributed by atoms with van der Waals surface area (Å²) in [4.78, 5) is 18.8. The van der Waals surface area contributed by atoms with Crippen LogP contribution in [0.2, 0.25) is 0 Å².